The second kappa shape index (κ2) is 5.70. The highest BCUT2D eigenvalue weighted by Gasteiger charge is 2.26. The van der Waals surface area contributed by atoms with Crippen molar-refractivity contribution in [2.24, 2.45) is 0 Å². The van der Waals surface area contributed by atoms with E-state index < -0.39 is 5.97 Å². The summed E-state index contributed by atoms with van der Waals surface area (Å²) >= 11 is 4.97. The van der Waals surface area contributed by atoms with Gasteiger partial charge in [0.15, 0.2) is 11.7 Å². The van der Waals surface area contributed by atoms with Crippen molar-refractivity contribution in [2.75, 3.05) is 13.7 Å². The predicted octanol–water partition coefficient (Wildman–Crippen LogP) is 0.837. The number of carbonyl (C=O) groups excluding carboxylic acids is 1. The normalized spacial score (nSPS) is 16.4. The quantitative estimate of drug-likeness (QED) is 0.632. The zero-order chi connectivity index (χ0) is 14.7. The molecule has 1 amide bonds. The molecule has 20 heavy (non-hydrogen) atoms. The van der Waals surface area contributed by atoms with E-state index in [2.05, 4.69) is 5.32 Å². The van der Waals surface area contributed by atoms with E-state index in [-0.39, 0.29) is 12.5 Å². The van der Waals surface area contributed by atoms with Gasteiger partial charge < -0.3 is 15.2 Å². The third-order valence-corrected chi connectivity index (χ3v) is 3.01. The summed E-state index contributed by atoms with van der Waals surface area (Å²) in [6.45, 7) is -0.389. The zero-order valence-electron chi connectivity index (χ0n) is 10.6. The molecule has 7 heteroatoms. The molecule has 1 aliphatic rings. The lowest BCUT2D eigenvalue weighted by Crippen LogP contribution is -2.25. The fourth-order valence-corrected chi connectivity index (χ4v) is 1.79. The first-order chi connectivity index (χ1) is 9.47. The summed E-state index contributed by atoms with van der Waals surface area (Å²) in [4.78, 5) is 23.5. The van der Waals surface area contributed by atoms with E-state index in [4.69, 9.17) is 22.1 Å². The maximum Gasteiger partial charge on any atom is 0.341 e. The fraction of sp³-hybridized carbons (Fsp3) is 0.154. The number of carboxylic acid groups (broad SMARTS) is 1. The average molecular weight is 292 g/mol. The van der Waals surface area contributed by atoms with Crippen LogP contribution in [0.25, 0.3) is 6.08 Å². The lowest BCUT2D eigenvalue weighted by atomic mass is 10.2. The third kappa shape index (κ3) is 3.12. The van der Waals surface area contributed by atoms with Crippen molar-refractivity contribution in [3.05, 3.63) is 35.5 Å². The van der Waals surface area contributed by atoms with Crippen LogP contribution in [0.1, 0.15) is 5.56 Å². The van der Waals surface area contributed by atoms with Crippen molar-refractivity contribution in [3.63, 3.8) is 0 Å². The molecule has 6 nitrogen and oxygen atoms in total. The van der Waals surface area contributed by atoms with Crippen molar-refractivity contribution in [2.45, 2.75) is 0 Å². The van der Waals surface area contributed by atoms with Crippen molar-refractivity contribution < 1.29 is 19.4 Å². The number of ether oxygens (including phenoxy) is 1. The largest absolute Gasteiger partial charge is 0.482 e. The van der Waals surface area contributed by atoms with E-state index in [0.717, 1.165) is 5.56 Å². The number of nitrogens with zero attached hydrogens (tertiary/aromatic N) is 1. The van der Waals surface area contributed by atoms with Crippen LogP contribution in [0.5, 0.6) is 5.75 Å². The van der Waals surface area contributed by atoms with Crippen LogP contribution in [0, 0.1) is 0 Å². The van der Waals surface area contributed by atoms with Crippen LogP contribution in [0.15, 0.2) is 30.0 Å². The van der Waals surface area contributed by atoms with Gasteiger partial charge in [-0.2, -0.15) is 0 Å². The van der Waals surface area contributed by atoms with E-state index >= 15 is 0 Å². The molecule has 1 aromatic carbocycles. The number of thiocarbonyl (C=S) groups is 1. The fourth-order valence-electron chi connectivity index (χ4n) is 1.60. The maximum absolute atomic E-state index is 11.8. The second-order valence-electron chi connectivity index (χ2n) is 4.10. The van der Waals surface area contributed by atoms with E-state index in [9.17, 15) is 9.59 Å². The Bertz CT molecular complexity index is 595. The summed E-state index contributed by atoms with van der Waals surface area (Å²) in [6, 6.07) is 6.72. The van der Waals surface area contributed by atoms with Crippen molar-refractivity contribution >= 4 is 35.3 Å². The minimum Gasteiger partial charge on any atom is -0.482 e. The molecule has 0 saturated carbocycles. The SMILES string of the molecule is CN1C(=O)C(=Cc2ccc(OCC(=O)O)cc2)NC1=S. The Labute approximate surface area is 120 Å². The molecule has 0 bridgehead atoms. The zero-order valence-corrected chi connectivity index (χ0v) is 11.4. The Morgan fingerprint density at radius 3 is 2.60 bits per heavy atom. The number of hydrogen-bond acceptors (Lipinski definition) is 4. The molecule has 0 aliphatic carbocycles. The number of rotatable bonds is 4. The molecule has 1 aliphatic heterocycles. The molecule has 0 atom stereocenters. The number of carbonyl (C=O) groups is 2. The molecule has 0 unspecified atom stereocenters. The Morgan fingerprint density at radius 1 is 1.45 bits per heavy atom. The van der Waals surface area contributed by atoms with Crippen molar-refractivity contribution in [1.82, 2.24) is 10.2 Å². The first-order valence-corrected chi connectivity index (χ1v) is 6.13. The van der Waals surface area contributed by atoms with Crippen molar-refractivity contribution in [1.29, 1.82) is 0 Å². The molecule has 1 saturated heterocycles. The number of aliphatic carboxylic acids is 1. The highest BCUT2D eigenvalue weighted by molar-refractivity contribution is 7.80. The average Bonchev–Trinajstić information content (AvgIpc) is 2.65. The Hall–Kier alpha value is -2.41. The van der Waals surface area contributed by atoms with Crippen LogP contribution in [0.2, 0.25) is 0 Å². The van der Waals surface area contributed by atoms with Crippen LogP contribution < -0.4 is 10.1 Å². The highest BCUT2D eigenvalue weighted by atomic mass is 32.1. The standard InChI is InChI=1S/C13H12N2O4S/c1-15-12(18)10(14-13(15)20)6-8-2-4-9(5-3-8)19-7-11(16)17/h2-6H,7H2,1H3,(H,14,20)(H,16,17). The molecule has 1 heterocycles. The van der Waals surface area contributed by atoms with Gasteiger partial charge in [-0.15, -0.1) is 0 Å². The summed E-state index contributed by atoms with van der Waals surface area (Å²) < 4.78 is 5.02. The number of benzene rings is 1. The van der Waals surface area contributed by atoms with Gasteiger partial charge in [0, 0.05) is 7.05 Å². The minimum atomic E-state index is -1.03. The molecule has 0 aromatic heterocycles. The Balaban J connectivity index is 2.09. The molecule has 2 N–H and O–H groups in total. The van der Waals surface area contributed by atoms with Gasteiger partial charge in [-0.1, -0.05) is 12.1 Å². The second-order valence-corrected chi connectivity index (χ2v) is 4.49. The summed E-state index contributed by atoms with van der Waals surface area (Å²) in [7, 11) is 1.60. The lowest BCUT2D eigenvalue weighted by molar-refractivity contribution is -0.139. The Morgan fingerprint density at radius 2 is 2.10 bits per heavy atom. The van der Waals surface area contributed by atoms with Crippen LogP contribution >= 0.6 is 12.2 Å². The van der Waals surface area contributed by atoms with Crippen molar-refractivity contribution in [3.8, 4) is 5.75 Å². The minimum absolute atomic E-state index is 0.193. The van der Waals surface area contributed by atoms with Gasteiger partial charge in [-0.3, -0.25) is 9.69 Å². The summed E-state index contributed by atoms with van der Waals surface area (Å²) in [5.41, 5.74) is 1.18. The maximum atomic E-state index is 11.8. The first-order valence-electron chi connectivity index (χ1n) is 5.73. The molecule has 1 fully saturated rings. The van der Waals surface area contributed by atoms with Gasteiger partial charge in [0.05, 0.1) is 0 Å². The molecule has 0 spiro atoms. The van der Waals surface area contributed by atoms with Gasteiger partial charge in [0.2, 0.25) is 0 Å². The van der Waals surface area contributed by atoms with Gasteiger partial charge in [-0.05, 0) is 36.0 Å². The molecule has 104 valence electrons. The Kier molecular flexibility index (Phi) is 3.99. The topological polar surface area (TPSA) is 78.9 Å². The third-order valence-electron chi connectivity index (χ3n) is 2.63. The molecule has 0 radical (unpaired) electrons. The number of nitrogens with one attached hydrogen (secondary N) is 1. The highest BCUT2D eigenvalue weighted by Crippen LogP contribution is 2.16. The van der Waals surface area contributed by atoms with Crippen LogP contribution in [0.3, 0.4) is 0 Å². The molecular weight excluding hydrogens is 280 g/mol. The molecular formula is C13H12N2O4S. The van der Waals surface area contributed by atoms with Crippen LogP contribution in [0.4, 0.5) is 0 Å². The monoisotopic (exact) mass is 292 g/mol. The van der Waals surface area contributed by atoms with Crippen LogP contribution in [-0.2, 0) is 9.59 Å². The number of carboxylic acids is 1. The summed E-state index contributed by atoms with van der Waals surface area (Å²) in [6.07, 6.45) is 1.67. The number of hydrogen-bond donors (Lipinski definition) is 2. The van der Waals surface area contributed by atoms with Crippen LogP contribution in [-0.4, -0.2) is 40.6 Å². The lowest BCUT2D eigenvalue weighted by Gasteiger charge is -2.03. The van der Waals surface area contributed by atoms with Gasteiger partial charge in [-0.25, -0.2) is 4.79 Å². The van der Waals surface area contributed by atoms with E-state index in [1.807, 2.05) is 0 Å². The molecule has 1 aromatic rings. The summed E-state index contributed by atoms with van der Waals surface area (Å²) in [5, 5.41) is 11.7. The molecule has 2 rings (SSSR count). The smallest absolute Gasteiger partial charge is 0.341 e. The predicted molar refractivity (Wildman–Crippen MR) is 76.1 cm³/mol. The van der Waals surface area contributed by atoms with Gasteiger partial charge in [0.25, 0.3) is 5.91 Å². The van der Waals surface area contributed by atoms with E-state index in [1.54, 1.807) is 37.4 Å². The van der Waals surface area contributed by atoms with Gasteiger partial charge in [0.1, 0.15) is 11.4 Å². The van der Waals surface area contributed by atoms with E-state index in [0.29, 0.717) is 16.6 Å². The first kappa shape index (κ1) is 14.0. The summed E-state index contributed by atoms with van der Waals surface area (Å²) in [5.74, 6) is -0.775. The van der Waals surface area contributed by atoms with E-state index in [1.165, 1.54) is 4.90 Å². The number of amides is 1. The van der Waals surface area contributed by atoms with Gasteiger partial charge >= 0.3 is 5.97 Å². The number of likely N-dealkylation sites (N-methyl/N-ethyl adjacent to an activating group) is 1.